The Kier molecular flexibility index (Phi) is 5.35. The molecule has 0 bridgehead atoms. The fourth-order valence-corrected chi connectivity index (χ4v) is 1.17. The summed E-state index contributed by atoms with van der Waals surface area (Å²) in [6.07, 6.45) is 1.19. The first-order chi connectivity index (χ1) is 6.23. The van der Waals surface area contributed by atoms with Crippen molar-refractivity contribution in [2.75, 3.05) is 6.61 Å². The Morgan fingerprint density at radius 3 is 2.07 bits per heavy atom. The fraction of sp³-hybridized carbons (Fsp3) is 0.917. The second-order valence-electron chi connectivity index (χ2n) is 5.42. The number of ketones is 1. The minimum atomic E-state index is -0.280. The summed E-state index contributed by atoms with van der Waals surface area (Å²) in [5.74, 6) is 0.794. The maximum absolute atomic E-state index is 11.5. The third-order valence-electron chi connectivity index (χ3n) is 2.14. The lowest BCUT2D eigenvalue weighted by molar-refractivity contribution is -0.133. The molecule has 14 heavy (non-hydrogen) atoms. The van der Waals surface area contributed by atoms with Gasteiger partial charge in [0.15, 0.2) is 5.78 Å². The van der Waals surface area contributed by atoms with E-state index in [2.05, 4.69) is 13.8 Å². The van der Waals surface area contributed by atoms with Crippen molar-refractivity contribution in [3.8, 4) is 0 Å². The van der Waals surface area contributed by atoms with Crippen molar-refractivity contribution in [3.05, 3.63) is 0 Å². The summed E-state index contributed by atoms with van der Waals surface area (Å²) >= 11 is 0. The molecule has 0 aliphatic heterocycles. The van der Waals surface area contributed by atoms with Crippen molar-refractivity contribution in [2.24, 2.45) is 11.3 Å². The van der Waals surface area contributed by atoms with E-state index in [-0.39, 0.29) is 23.9 Å². The Labute approximate surface area is 88.0 Å². The summed E-state index contributed by atoms with van der Waals surface area (Å²) in [7, 11) is 0. The van der Waals surface area contributed by atoms with E-state index >= 15 is 0 Å². The molecule has 0 spiro atoms. The van der Waals surface area contributed by atoms with Gasteiger partial charge in [-0.25, -0.2) is 0 Å². The first-order valence-electron chi connectivity index (χ1n) is 5.38. The van der Waals surface area contributed by atoms with Crippen LogP contribution in [0.3, 0.4) is 0 Å². The Hall–Kier alpha value is -0.370. The third-order valence-corrected chi connectivity index (χ3v) is 2.14. The van der Waals surface area contributed by atoms with Gasteiger partial charge in [-0.15, -0.1) is 0 Å². The highest BCUT2D eigenvalue weighted by molar-refractivity contribution is 5.84. The third kappa shape index (κ3) is 6.14. The fourth-order valence-electron chi connectivity index (χ4n) is 1.17. The quantitative estimate of drug-likeness (QED) is 0.682. The lowest BCUT2D eigenvalue weighted by Gasteiger charge is -2.19. The Bertz CT molecular complexity index is 177. The average Bonchev–Trinajstić information content (AvgIpc) is 1.96. The van der Waals surface area contributed by atoms with Crippen LogP contribution in [0.25, 0.3) is 0 Å². The normalized spacial score (nSPS) is 14.5. The van der Waals surface area contributed by atoms with E-state index in [1.807, 2.05) is 27.7 Å². The van der Waals surface area contributed by atoms with Gasteiger partial charge in [-0.2, -0.15) is 0 Å². The van der Waals surface area contributed by atoms with E-state index in [0.717, 1.165) is 6.42 Å². The molecule has 0 amide bonds. The molecule has 1 unspecified atom stereocenters. The van der Waals surface area contributed by atoms with E-state index in [9.17, 15) is 4.79 Å². The van der Waals surface area contributed by atoms with E-state index in [1.54, 1.807) is 0 Å². The number of hydrogen-bond acceptors (Lipinski definition) is 2. The lowest BCUT2D eigenvalue weighted by atomic mass is 9.91. The van der Waals surface area contributed by atoms with E-state index in [0.29, 0.717) is 5.92 Å². The zero-order valence-corrected chi connectivity index (χ0v) is 10.4. The molecule has 0 rings (SSSR count). The molecule has 1 atom stereocenters. The van der Waals surface area contributed by atoms with Crippen LogP contribution in [0.2, 0.25) is 0 Å². The Morgan fingerprint density at radius 2 is 1.71 bits per heavy atom. The molecule has 0 saturated carbocycles. The average molecular weight is 200 g/mol. The van der Waals surface area contributed by atoms with Gasteiger partial charge in [-0.05, 0) is 19.3 Å². The van der Waals surface area contributed by atoms with Gasteiger partial charge in [0.1, 0.15) is 6.61 Å². The van der Waals surface area contributed by atoms with Gasteiger partial charge in [0.25, 0.3) is 0 Å². The molecule has 0 aromatic carbocycles. The number of carbonyl (C=O) groups is 1. The van der Waals surface area contributed by atoms with Crippen molar-refractivity contribution < 1.29 is 9.53 Å². The highest BCUT2D eigenvalue weighted by Crippen LogP contribution is 2.15. The van der Waals surface area contributed by atoms with Crippen molar-refractivity contribution in [1.82, 2.24) is 0 Å². The lowest BCUT2D eigenvalue weighted by Crippen LogP contribution is -2.27. The summed E-state index contributed by atoms with van der Waals surface area (Å²) in [4.78, 5) is 11.5. The minimum absolute atomic E-state index is 0.174. The van der Waals surface area contributed by atoms with E-state index in [4.69, 9.17) is 4.74 Å². The first-order valence-corrected chi connectivity index (χ1v) is 5.38. The molecular weight excluding hydrogens is 176 g/mol. The molecule has 2 heteroatoms. The molecule has 0 aliphatic carbocycles. The van der Waals surface area contributed by atoms with Crippen LogP contribution in [-0.4, -0.2) is 18.5 Å². The maximum atomic E-state index is 11.5. The van der Waals surface area contributed by atoms with Gasteiger partial charge in [-0.3, -0.25) is 4.79 Å². The SMILES string of the molecule is CC(C)CC(C)OCC(=O)C(C)(C)C. The zero-order chi connectivity index (χ0) is 11.4. The van der Waals surface area contributed by atoms with Gasteiger partial charge < -0.3 is 4.74 Å². The second-order valence-corrected chi connectivity index (χ2v) is 5.42. The number of Topliss-reactive ketones (excluding diaryl/α,β-unsaturated/α-hetero) is 1. The number of carbonyl (C=O) groups excluding carboxylic acids is 1. The summed E-state index contributed by atoms with van der Waals surface area (Å²) < 4.78 is 5.49. The Morgan fingerprint density at radius 1 is 1.21 bits per heavy atom. The highest BCUT2D eigenvalue weighted by Gasteiger charge is 2.21. The van der Waals surface area contributed by atoms with Crippen LogP contribution in [0, 0.1) is 11.3 Å². The van der Waals surface area contributed by atoms with Gasteiger partial charge in [0.2, 0.25) is 0 Å². The van der Waals surface area contributed by atoms with Gasteiger partial charge in [0.05, 0.1) is 6.10 Å². The molecule has 0 fully saturated rings. The predicted octanol–water partition coefficient (Wildman–Crippen LogP) is 3.05. The maximum Gasteiger partial charge on any atom is 0.163 e. The van der Waals surface area contributed by atoms with Gasteiger partial charge >= 0.3 is 0 Å². The van der Waals surface area contributed by atoms with E-state index in [1.165, 1.54) is 0 Å². The number of rotatable bonds is 5. The summed E-state index contributed by atoms with van der Waals surface area (Å²) in [5.41, 5.74) is -0.280. The van der Waals surface area contributed by atoms with Gasteiger partial charge in [0, 0.05) is 5.41 Å². The van der Waals surface area contributed by atoms with Crippen LogP contribution in [0.5, 0.6) is 0 Å². The van der Waals surface area contributed by atoms with Crippen LogP contribution in [0.1, 0.15) is 48.0 Å². The standard InChI is InChI=1S/C12H24O2/c1-9(2)7-10(3)14-8-11(13)12(4,5)6/h9-10H,7-8H2,1-6H3. The molecular formula is C12H24O2. The van der Waals surface area contributed by atoms with Crippen molar-refractivity contribution in [3.63, 3.8) is 0 Å². The number of hydrogen-bond donors (Lipinski definition) is 0. The molecule has 0 aromatic heterocycles. The van der Waals surface area contributed by atoms with Crippen LogP contribution in [-0.2, 0) is 9.53 Å². The number of ether oxygens (including phenoxy) is 1. The predicted molar refractivity (Wildman–Crippen MR) is 59.3 cm³/mol. The molecule has 0 aromatic rings. The summed E-state index contributed by atoms with van der Waals surface area (Å²) in [6, 6.07) is 0. The molecule has 0 saturated heterocycles. The smallest absolute Gasteiger partial charge is 0.163 e. The summed E-state index contributed by atoms with van der Waals surface area (Å²) in [5, 5.41) is 0. The Balaban J connectivity index is 3.78. The van der Waals surface area contributed by atoms with E-state index < -0.39 is 0 Å². The van der Waals surface area contributed by atoms with Crippen LogP contribution in [0.15, 0.2) is 0 Å². The zero-order valence-electron chi connectivity index (χ0n) is 10.4. The first kappa shape index (κ1) is 13.6. The molecule has 0 radical (unpaired) electrons. The molecule has 0 N–H and O–H groups in total. The monoisotopic (exact) mass is 200 g/mol. The van der Waals surface area contributed by atoms with Crippen LogP contribution < -0.4 is 0 Å². The van der Waals surface area contributed by atoms with Crippen molar-refractivity contribution in [1.29, 1.82) is 0 Å². The summed E-state index contributed by atoms with van der Waals surface area (Å²) in [6.45, 7) is 12.4. The molecule has 2 nitrogen and oxygen atoms in total. The largest absolute Gasteiger partial charge is 0.371 e. The highest BCUT2D eigenvalue weighted by atomic mass is 16.5. The molecule has 0 heterocycles. The molecule has 0 aliphatic rings. The van der Waals surface area contributed by atoms with Crippen molar-refractivity contribution in [2.45, 2.75) is 54.1 Å². The van der Waals surface area contributed by atoms with Crippen molar-refractivity contribution >= 4 is 5.78 Å². The second kappa shape index (κ2) is 5.50. The topological polar surface area (TPSA) is 26.3 Å². The van der Waals surface area contributed by atoms with Crippen LogP contribution in [0.4, 0.5) is 0 Å². The van der Waals surface area contributed by atoms with Crippen LogP contribution >= 0.6 is 0 Å². The minimum Gasteiger partial charge on any atom is -0.371 e. The molecule has 84 valence electrons. The van der Waals surface area contributed by atoms with Gasteiger partial charge in [-0.1, -0.05) is 34.6 Å².